The van der Waals surface area contributed by atoms with Gasteiger partial charge in [-0.1, -0.05) is 0 Å². The second-order valence-electron chi connectivity index (χ2n) is 7.67. The number of allylic oxidation sites excluding steroid dienone is 1. The van der Waals surface area contributed by atoms with Gasteiger partial charge in [-0.15, -0.1) is 0 Å². The number of carbonyl (C=O) groups is 3. The highest BCUT2D eigenvalue weighted by atomic mass is 16.5. The fraction of sp³-hybridized carbons (Fsp3) is 0.455. The molecule has 2 unspecified atom stereocenters. The number of hydrogen-bond donors (Lipinski definition) is 0. The van der Waals surface area contributed by atoms with E-state index in [9.17, 15) is 14.4 Å². The van der Waals surface area contributed by atoms with E-state index < -0.39 is 24.2 Å². The summed E-state index contributed by atoms with van der Waals surface area (Å²) < 4.78 is 10.4. The number of benzene rings is 1. The van der Waals surface area contributed by atoms with Gasteiger partial charge in [0.2, 0.25) is 5.96 Å². The molecule has 0 aromatic heterocycles. The van der Waals surface area contributed by atoms with Crippen molar-refractivity contribution >= 4 is 29.6 Å². The van der Waals surface area contributed by atoms with Crippen LogP contribution in [0.4, 0.5) is 10.5 Å². The zero-order valence-corrected chi connectivity index (χ0v) is 18.6. The van der Waals surface area contributed by atoms with Crippen LogP contribution < -0.4 is 9.64 Å². The van der Waals surface area contributed by atoms with Crippen LogP contribution in [0.15, 0.2) is 41.2 Å². The molecule has 0 N–H and O–H groups in total. The van der Waals surface area contributed by atoms with Gasteiger partial charge in [-0.3, -0.25) is 19.4 Å². The summed E-state index contributed by atoms with van der Waals surface area (Å²) >= 11 is 0. The summed E-state index contributed by atoms with van der Waals surface area (Å²) in [4.78, 5) is 48.9. The Balaban J connectivity index is 1.57. The summed E-state index contributed by atoms with van der Waals surface area (Å²) in [5.41, 5.74) is 1.78. The lowest BCUT2D eigenvalue weighted by atomic mass is 10.1. The minimum Gasteiger partial charge on any atom is -0.494 e. The molecule has 10 heteroatoms. The third-order valence-electron chi connectivity index (χ3n) is 5.64. The maximum Gasteiger partial charge on any atom is 0.328 e. The highest BCUT2D eigenvalue weighted by Crippen LogP contribution is 2.36. The fourth-order valence-electron chi connectivity index (χ4n) is 4.17. The van der Waals surface area contributed by atoms with Crippen LogP contribution in [0.2, 0.25) is 0 Å². The Morgan fingerprint density at radius 2 is 1.84 bits per heavy atom. The first-order chi connectivity index (χ1) is 15.4. The van der Waals surface area contributed by atoms with E-state index in [1.165, 1.54) is 4.90 Å². The van der Waals surface area contributed by atoms with Gasteiger partial charge in [0.15, 0.2) is 12.2 Å². The van der Waals surface area contributed by atoms with E-state index in [0.717, 1.165) is 22.0 Å². The maximum absolute atomic E-state index is 13.3. The van der Waals surface area contributed by atoms with Crippen molar-refractivity contribution < 1.29 is 23.9 Å². The molecular formula is C22H27N5O5. The summed E-state index contributed by atoms with van der Waals surface area (Å²) in [6.07, 6.45) is 1.18. The number of anilines is 1. The Morgan fingerprint density at radius 1 is 1.12 bits per heavy atom. The van der Waals surface area contributed by atoms with Crippen molar-refractivity contribution in [3.05, 3.63) is 36.2 Å². The number of aliphatic imine (C=N–C) groups is 1. The molecule has 4 rings (SSSR count). The average Bonchev–Trinajstić information content (AvgIpc) is 3.28. The molecule has 3 aliphatic rings. The van der Waals surface area contributed by atoms with Crippen molar-refractivity contribution in [1.82, 2.24) is 14.7 Å². The van der Waals surface area contributed by atoms with Gasteiger partial charge in [0.1, 0.15) is 5.75 Å². The van der Waals surface area contributed by atoms with Crippen LogP contribution in [0, 0.1) is 0 Å². The van der Waals surface area contributed by atoms with Crippen molar-refractivity contribution in [2.24, 2.45) is 4.99 Å². The van der Waals surface area contributed by atoms with E-state index >= 15 is 0 Å². The topological polar surface area (TPSA) is 95.0 Å². The van der Waals surface area contributed by atoms with Crippen molar-refractivity contribution in [2.45, 2.75) is 39.4 Å². The summed E-state index contributed by atoms with van der Waals surface area (Å²) in [5.74, 6) is 0.536. The lowest BCUT2D eigenvalue weighted by Gasteiger charge is -2.40. The Hall–Kier alpha value is -3.56. The molecule has 0 spiro atoms. The first kappa shape index (κ1) is 21.7. The first-order valence-electron chi connectivity index (χ1n) is 10.7. The molecule has 1 aromatic carbocycles. The lowest BCUT2D eigenvalue weighted by molar-refractivity contribution is -0.144. The Bertz CT molecular complexity index is 989. The van der Waals surface area contributed by atoms with Crippen LogP contribution in [0.25, 0.3) is 0 Å². The highest BCUT2D eigenvalue weighted by Gasteiger charge is 2.54. The zero-order valence-electron chi connectivity index (χ0n) is 18.6. The SMILES string of the molecule is CCOC(=O)CCN1C(=O)C2C(N=C3N(c4ccc(OCC)cc4)C(C)=CN32)N(C)C1=O. The number of hydrogen-bond acceptors (Lipinski definition) is 8. The van der Waals surface area contributed by atoms with Gasteiger partial charge < -0.3 is 19.3 Å². The standard InChI is InChI=1S/C22H27N5O5/c1-5-31-16-9-7-15(8-10-16)27-14(3)13-26-18-19(23-21(26)27)24(4)22(30)25(20(18)29)12-11-17(28)32-6-2/h7-10,13,18-19H,5-6,11-12H2,1-4H3. The maximum atomic E-state index is 13.3. The zero-order chi connectivity index (χ0) is 23.0. The molecule has 1 fully saturated rings. The minimum absolute atomic E-state index is 0.0292. The molecule has 0 aliphatic carbocycles. The third kappa shape index (κ3) is 3.55. The summed E-state index contributed by atoms with van der Waals surface area (Å²) in [6, 6.07) is 6.47. The number of nitrogens with zero attached hydrogens (tertiary/aromatic N) is 5. The Labute approximate surface area is 186 Å². The molecule has 0 saturated carbocycles. The van der Waals surface area contributed by atoms with Gasteiger partial charge >= 0.3 is 12.0 Å². The average molecular weight is 441 g/mol. The second-order valence-corrected chi connectivity index (χ2v) is 7.67. The molecule has 3 aliphatic heterocycles. The molecule has 1 saturated heterocycles. The molecule has 0 radical (unpaired) electrons. The second kappa shape index (κ2) is 8.52. The van der Waals surface area contributed by atoms with Crippen LogP contribution in [0.5, 0.6) is 5.75 Å². The van der Waals surface area contributed by atoms with Crippen LogP contribution in [-0.4, -0.2) is 77.6 Å². The summed E-state index contributed by atoms with van der Waals surface area (Å²) in [6.45, 7) is 6.39. The number of likely N-dealkylation sites (N-methyl/N-ethyl adjacent to an activating group) is 1. The van der Waals surface area contributed by atoms with E-state index in [-0.39, 0.29) is 25.5 Å². The van der Waals surface area contributed by atoms with Gasteiger partial charge in [0, 0.05) is 31.2 Å². The predicted octanol–water partition coefficient (Wildman–Crippen LogP) is 1.98. The quantitative estimate of drug-likeness (QED) is 0.597. The van der Waals surface area contributed by atoms with Gasteiger partial charge in [0.05, 0.1) is 19.6 Å². The van der Waals surface area contributed by atoms with Crippen LogP contribution in [-0.2, 0) is 14.3 Å². The molecule has 10 nitrogen and oxygen atoms in total. The normalized spacial score (nSPS) is 22.0. The van der Waals surface area contributed by atoms with Crippen LogP contribution in [0.3, 0.4) is 0 Å². The van der Waals surface area contributed by atoms with E-state index in [1.54, 1.807) is 18.9 Å². The number of urea groups is 1. The van der Waals surface area contributed by atoms with E-state index in [4.69, 9.17) is 14.5 Å². The van der Waals surface area contributed by atoms with Crippen molar-refractivity contribution in [1.29, 1.82) is 0 Å². The molecule has 3 heterocycles. The highest BCUT2D eigenvalue weighted by molar-refractivity contribution is 6.10. The van der Waals surface area contributed by atoms with E-state index in [2.05, 4.69) is 0 Å². The number of rotatable bonds is 7. The monoisotopic (exact) mass is 441 g/mol. The van der Waals surface area contributed by atoms with Gasteiger partial charge in [-0.05, 0) is 45.0 Å². The molecule has 170 valence electrons. The first-order valence-corrected chi connectivity index (χ1v) is 10.7. The molecule has 32 heavy (non-hydrogen) atoms. The molecule has 3 amide bonds. The number of fused-ring (bicyclic) bond motifs is 3. The molecular weight excluding hydrogens is 414 g/mol. The number of esters is 1. The van der Waals surface area contributed by atoms with E-state index in [1.807, 2.05) is 49.2 Å². The molecule has 1 aromatic rings. The van der Waals surface area contributed by atoms with Crippen molar-refractivity contribution in [2.75, 3.05) is 31.7 Å². The minimum atomic E-state index is -0.683. The largest absolute Gasteiger partial charge is 0.494 e. The van der Waals surface area contributed by atoms with Gasteiger partial charge in [-0.25, -0.2) is 9.79 Å². The predicted molar refractivity (Wildman–Crippen MR) is 117 cm³/mol. The van der Waals surface area contributed by atoms with Gasteiger partial charge in [0.25, 0.3) is 5.91 Å². The van der Waals surface area contributed by atoms with Crippen molar-refractivity contribution in [3.8, 4) is 5.75 Å². The number of guanidine groups is 1. The smallest absolute Gasteiger partial charge is 0.328 e. The van der Waals surface area contributed by atoms with Crippen LogP contribution >= 0.6 is 0 Å². The number of carbonyl (C=O) groups excluding carboxylic acids is 3. The summed E-state index contributed by atoms with van der Waals surface area (Å²) in [7, 11) is 1.62. The fourth-order valence-corrected chi connectivity index (χ4v) is 4.17. The van der Waals surface area contributed by atoms with Crippen molar-refractivity contribution in [3.63, 3.8) is 0 Å². The molecule has 2 atom stereocenters. The third-order valence-corrected chi connectivity index (χ3v) is 5.64. The number of imide groups is 1. The summed E-state index contributed by atoms with van der Waals surface area (Å²) in [5, 5.41) is 0. The number of amides is 3. The Morgan fingerprint density at radius 3 is 2.50 bits per heavy atom. The number of ether oxygens (including phenoxy) is 2. The van der Waals surface area contributed by atoms with E-state index in [0.29, 0.717) is 12.6 Å². The molecule has 0 bridgehead atoms. The lowest BCUT2D eigenvalue weighted by Crippen LogP contribution is -2.64. The Kier molecular flexibility index (Phi) is 5.77. The van der Waals surface area contributed by atoms with Crippen LogP contribution in [0.1, 0.15) is 27.2 Å². The van der Waals surface area contributed by atoms with Gasteiger partial charge in [-0.2, -0.15) is 0 Å².